The minimum absolute atomic E-state index is 0.128. The van der Waals surface area contributed by atoms with Crippen molar-refractivity contribution in [3.63, 3.8) is 0 Å². The van der Waals surface area contributed by atoms with Crippen molar-refractivity contribution in [2.75, 3.05) is 65.4 Å². The quantitative estimate of drug-likeness (QED) is 0.148. The third-order valence-electron chi connectivity index (χ3n) is 2.54. The lowest BCUT2D eigenvalue weighted by Crippen LogP contribution is -2.37. The molecule has 0 saturated heterocycles. The Balaban J connectivity index is 2.99. The van der Waals surface area contributed by atoms with Gasteiger partial charge in [-0.05, 0) is 6.08 Å². The van der Waals surface area contributed by atoms with Gasteiger partial charge < -0.3 is 32.3 Å². The van der Waals surface area contributed by atoms with Crippen LogP contribution in [0.5, 0.6) is 0 Å². The fourth-order valence-corrected chi connectivity index (χ4v) is 1.48. The molecule has 0 unspecified atom stereocenters. The molecule has 0 aliphatic heterocycles. The van der Waals surface area contributed by atoms with Gasteiger partial charge in [-0.15, -0.1) is 0 Å². The van der Waals surface area contributed by atoms with Crippen LogP contribution < -0.4 is 32.3 Å². The maximum Gasteiger partial charge on any atom is 0.243 e. The number of carbonyl (C=O) groups excluding carboxylic acids is 1. The van der Waals surface area contributed by atoms with Gasteiger partial charge in [-0.2, -0.15) is 0 Å². The molecule has 0 rings (SSSR count). The summed E-state index contributed by atoms with van der Waals surface area (Å²) in [4.78, 5) is 10.8. The van der Waals surface area contributed by atoms with Crippen LogP contribution in [0.15, 0.2) is 12.7 Å². The first-order chi connectivity index (χ1) is 9.81. The van der Waals surface area contributed by atoms with Gasteiger partial charge in [0.05, 0.1) is 0 Å². The average Bonchev–Trinajstić information content (AvgIpc) is 2.47. The van der Waals surface area contributed by atoms with Crippen LogP contribution in [0.2, 0.25) is 0 Å². The van der Waals surface area contributed by atoms with E-state index in [1.54, 1.807) is 0 Å². The van der Waals surface area contributed by atoms with Crippen molar-refractivity contribution < 1.29 is 4.79 Å². The highest BCUT2D eigenvalue weighted by Gasteiger charge is 1.92. The van der Waals surface area contributed by atoms with Crippen molar-refractivity contribution in [1.82, 2.24) is 26.6 Å². The second-order valence-electron chi connectivity index (χ2n) is 4.28. The maximum absolute atomic E-state index is 10.8. The molecule has 20 heavy (non-hydrogen) atoms. The van der Waals surface area contributed by atoms with Crippen LogP contribution in [-0.4, -0.2) is 71.4 Å². The van der Waals surface area contributed by atoms with E-state index in [0.29, 0.717) is 13.1 Å². The van der Waals surface area contributed by atoms with E-state index in [1.807, 2.05) is 0 Å². The summed E-state index contributed by atoms with van der Waals surface area (Å²) in [5.74, 6) is -0.128. The van der Waals surface area contributed by atoms with Crippen LogP contribution >= 0.6 is 0 Å². The van der Waals surface area contributed by atoms with Gasteiger partial charge in [0.25, 0.3) is 0 Å². The zero-order valence-corrected chi connectivity index (χ0v) is 12.3. The first-order valence-electron chi connectivity index (χ1n) is 7.24. The van der Waals surface area contributed by atoms with Crippen molar-refractivity contribution in [2.45, 2.75) is 0 Å². The van der Waals surface area contributed by atoms with E-state index in [2.05, 4.69) is 33.2 Å². The molecule has 0 aromatic carbocycles. The fourth-order valence-electron chi connectivity index (χ4n) is 1.48. The van der Waals surface area contributed by atoms with Crippen LogP contribution in [0.3, 0.4) is 0 Å². The Hall–Kier alpha value is -0.990. The molecule has 118 valence electrons. The molecular formula is C13H30N6O. The van der Waals surface area contributed by atoms with Gasteiger partial charge in [-0.1, -0.05) is 6.58 Å². The summed E-state index contributed by atoms with van der Waals surface area (Å²) < 4.78 is 0. The van der Waals surface area contributed by atoms with Gasteiger partial charge in [0.2, 0.25) is 5.91 Å². The molecule has 0 aliphatic carbocycles. The number of rotatable bonds is 15. The summed E-state index contributed by atoms with van der Waals surface area (Å²) in [6.07, 6.45) is 1.28. The monoisotopic (exact) mass is 286 g/mol. The lowest BCUT2D eigenvalue weighted by molar-refractivity contribution is -0.116. The first kappa shape index (κ1) is 19.0. The van der Waals surface area contributed by atoms with E-state index >= 15 is 0 Å². The number of hydrogen-bond acceptors (Lipinski definition) is 6. The molecule has 0 aromatic rings. The molecule has 0 heterocycles. The van der Waals surface area contributed by atoms with E-state index in [-0.39, 0.29) is 5.91 Å². The highest BCUT2D eigenvalue weighted by atomic mass is 16.1. The molecule has 7 nitrogen and oxygen atoms in total. The van der Waals surface area contributed by atoms with Crippen molar-refractivity contribution >= 4 is 5.91 Å². The van der Waals surface area contributed by atoms with Gasteiger partial charge in [-0.25, -0.2) is 0 Å². The summed E-state index contributed by atoms with van der Waals surface area (Å²) in [6.45, 7) is 12.0. The standard InChI is InChI=1S/C13H30N6O/c1-2-13(20)19-12-11-18-10-9-17-8-7-16-6-5-15-4-3-14/h2,15-18H,1,3-12,14H2,(H,19,20). The smallest absolute Gasteiger partial charge is 0.243 e. The zero-order valence-electron chi connectivity index (χ0n) is 12.3. The van der Waals surface area contributed by atoms with Crippen molar-refractivity contribution in [3.8, 4) is 0 Å². The van der Waals surface area contributed by atoms with Crippen LogP contribution in [0.4, 0.5) is 0 Å². The number of nitrogens with two attached hydrogens (primary N) is 1. The third-order valence-corrected chi connectivity index (χ3v) is 2.54. The summed E-state index contributed by atoms with van der Waals surface area (Å²) in [7, 11) is 0. The molecule has 7 N–H and O–H groups in total. The highest BCUT2D eigenvalue weighted by molar-refractivity contribution is 5.86. The molecule has 0 spiro atoms. The summed E-state index contributed by atoms with van der Waals surface area (Å²) in [5, 5.41) is 15.8. The second kappa shape index (κ2) is 16.1. The summed E-state index contributed by atoms with van der Waals surface area (Å²) in [5.41, 5.74) is 5.37. The van der Waals surface area contributed by atoms with Crippen molar-refractivity contribution in [3.05, 3.63) is 12.7 Å². The molecule has 0 atom stereocenters. The van der Waals surface area contributed by atoms with E-state index in [1.165, 1.54) is 6.08 Å². The first-order valence-corrected chi connectivity index (χ1v) is 7.24. The van der Waals surface area contributed by atoms with Gasteiger partial charge >= 0.3 is 0 Å². The lowest BCUT2D eigenvalue weighted by Gasteiger charge is -2.08. The Morgan fingerprint density at radius 2 is 1.20 bits per heavy atom. The number of carbonyl (C=O) groups is 1. The lowest BCUT2D eigenvalue weighted by atomic mass is 10.5. The van der Waals surface area contributed by atoms with Crippen LogP contribution in [0.25, 0.3) is 0 Å². The maximum atomic E-state index is 10.8. The average molecular weight is 286 g/mol. The molecule has 7 heteroatoms. The van der Waals surface area contributed by atoms with Crippen molar-refractivity contribution in [1.29, 1.82) is 0 Å². The number of hydrogen-bond donors (Lipinski definition) is 6. The molecule has 1 amide bonds. The summed E-state index contributed by atoms with van der Waals surface area (Å²) in [6, 6.07) is 0. The Morgan fingerprint density at radius 1 is 0.800 bits per heavy atom. The van der Waals surface area contributed by atoms with E-state index in [9.17, 15) is 4.79 Å². The fraction of sp³-hybridized carbons (Fsp3) is 0.769. The Morgan fingerprint density at radius 3 is 1.60 bits per heavy atom. The molecule has 0 radical (unpaired) electrons. The SMILES string of the molecule is C=CC(=O)NCCNCCNCCNCCNCCN. The molecule has 0 aliphatic rings. The van der Waals surface area contributed by atoms with E-state index in [0.717, 1.165) is 52.4 Å². The van der Waals surface area contributed by atoms with E-state index < -0.39 is 0 Å². The van der Waals surface area contributed by atoms with Gasteiger partial charge in [0.1, 0.15) is 0 Å². The molecule has 0 bridgehead atoms. The molecule has 0 saturated carbocycles. The second-order valence-corrected chi connectivity index (χ2v) is 4.28. The Bertz CT molecular complexity index is 237. The predicted octanol–water partition coefficient (Wildman–Crippen LogP) is -2.39. The number of nitrogens with one attached hydrogen (secondary N) is 5. The van der Waals surface area contributed by atoms with E-state index in [4.69, 9.17) is 5.73 Å². The highest BCUT2D eigenvalue weighted by Crippen LogP contribution is 1.66. The van der Waals surface area contributed by atoms with Gasteiger partial charge in [-0.3, -0.25) is 4.79 Å². The molecule has 0 aromatic heterocycles. The Labute approximate surface area is 122 Å². The molecular weight excluding hydrogens is 256 g/mol. The minimum Gasteiger partial charge on any atom is -0.351 e. The third kappa shape index (κ3) is 15.1. The summed E-state index contributed by atoms with van der Waals surface area (Å²) >= 11 is 0. The van der Waals surface area contributed by atoms with Crippen molar-refractivity contribution in [2.24, 2.45) is 5.73 Å². The van der Waals surface area contributed by atoms with Gasteiger partial charge in [0.15, 0.2) is 0 Å². The minimum atomic E-state index is -0.128. The largest absolute Gasteiger partial charge is 0.351 e. The van der Waals surface area contributed by atoms with Crippen LogP contribution in [0, 0.1) is 0 Å². The van der Waals surface area contributed by atoms with Crippen LogP contribution in [0.1, 0.15) is 0 Å². The van der Waals surface area contributed by atoms with Crippen LogP contribution in [-0.2, 0) is 4.79 Å². The normalized spacial score (nSPS) is 10.4. The van der Waals surface area contributed by atoms with Gasteiger partial charge in [0, 0.05) is 65.4 Å². The topological polar surface area (TPSA) is 103 Å². The zero-order chi connectivity index (χ0) is 14.9. The molecule has 0 fully saturated rings. The predicted molar refractivity (Wildman–Crippen MR) is 83.7 cm³/mol. The Kier molecular flexibility index (Phi) is 15.3. The number of amides is 1.